The molecule has 6 heteroatoms. The summed E-state index contributed by atoms with van der Waals surface area (Å²) < 4.78 is 5.71. The van der Waals surface area contributed by atoms with Crippen molar-refractivity contribution in [2.75, 3.05) is 5.88 Å². The van der Waals surface area contributed by atoms with Gasteiger partial charge in [-0.25, -0.2) is 0 Å². The number of alkyl halides is 1. The zero-order chi connectivity index (χ0) is 15.8. The molecule has 0 saturated carbocycles. The van der Waals surface area contributed by atoms with Crippen molar-refractivity contribution in [1.29, 1.82) is 0 Å². The van der Waals surface area contributed by atoms with Gasteiger partial charge in [-0.15, -0.1) is 16.7 Å². The van der Waals surface area contributed by atoms with Gasteiger partial charge in [-0.1, -0.05) is 36.4 Å². The number of azo groups is 1. The van der Waals surface area contributed by atoms with E-state index in [0.29, 0.717) is 11.4 Å². The monoisotopic (exact) mass is 317 g/mol. The number of carbonyl (C=O) groups excluding carboxylic acids is 1. The van der Waals surface area contributed by atoms with Crippen molar-refractivity contribution in [3.8, 4) is 5.75 Å². The summed E-state index contributed by atoms with van der Waals surface area (Å²) in [6, 6.07) is 17.9. The number of primary amides is 1. The van der Waals surface area contributed by atoms with Crippen LogP contribution < -0.4 is 10.5 Å². The van der Waals surface area contributed by atoms with Gasteiger partial charge in [-0.05, 0) is 24.3 Å². The number of amides is 1. The van der Waals surface area contributed by atoms with Gasteiger partial charge in [0.05, 0.1) is 5.69 Å². The van der Waals surface area contributed by atoms with E-state index in [1.54, 1.807) is 36.4 Å². The lowest BCUT2D eigenvalue weighted by atomic mass is 10.1. The van der Waals surface area contributed by atoms with Gasteiger partial charge in [0.1, 0.15) is 5.75 Å². The van der Waals surface area contributed by atoms with Gasteiger partial charge in [0.15, 0.2) is 0 Å². The molecule has 0 fully saturated rings. The maximum atomic E-state index is 11.9. The van der Waals surface area contributed by atoms with E-state index in [1.165, 1.54) is 0 Å². The minimum Gasteiger partial charge on any atom is -0.455 e. The lowest BCUT2D eigenvalue weighted by Crippen LogP contribution is -2.47. The van der Waals surface area contributed by atoms with Gasteiger partial charge < -0.3 is 10.5 Å². The van der Waals surface area contributed by atoms with Crippen molar-refractivity contribution >= 4 is 23.2 Å². The summed E-state index contributed by atoms with van der Waals surface area (Å²) in [5.74, 6) is -0.112. The van der Waals surface area contributed by atoms with Crippen LogP contribution in [-0.4, -0.2) is 17.5 Å². The van der Waals surface area contributed by atoms with E-state index in [9.17, 15) is 4.79 Å². The molecule has 22 heavy (non-hydrogen) atoms. The second-order valence-corrected chi connectivity index (χ2v) is 4.92. The fraction of sp³-hybridized carbons (Fsp3) is 0.188. The molecule has 0 aliphatic heterocycles. The smallest absolute Gasteiger partial charge is 0.297 e. The highest BCUT2D eigenvalue weighted by Crippen LogP contribution is 2.25. The Bertz CT molecular complexity index is 634. The van der Waals surface area contributed by atoms with Gasteiger partial charge >= 0.3 is 0 Å². The number of para-hydroxylation sites is 1. The SMILES string of the molecule is NC(=O)C(CCCl)(N=Nc1ccccc1)Oc1ccccc1. The first-order chi connectivity index (χ1) is 10.7. The summed E-state index contributed by atoms with van der Waals surface area (Å²) in [6.45, 7) is 0. The first-order valence-corrected chi connectivity index (χ1v) is 7.27. The van der Waals surface area contributed by atoms with Crippen LogP contribution in [0.4, 0.5) is 5.69 Å². The fourth-order valence-electron chi connectivity index (χ4n) is 1.79. The molecule has 2 aromatic rings. The highest BCUT2D eigenvalue weighted by molar-refractivity contribution is 6.18. The van der Waals surface area contributed by atoms with Crippen molar-refractivity contribution in [2.45, 2.75) is 12.1 Å². The second kappa shape index (κ2) is 7.56. The number of halogens is 1. The lowest BCUT2D eigenvalue weighted by Gasteiger charge is -2.25. The summed E-state index contributed by atoms with van der Waals surface area (Å²) >= 11 is 5.79. The number of nitrogens with two attached hydrogens (primary N) is 1. The first kappa shape index (κ1) is 16.0. The first-order valence-electron chi connectivity index (χ1n) is 6.74. The van der Waals surface area contributed by atoms with E-state index in [1.807, 2.05) is 24.3 Å². The third kappa shape index (κ3) is 4.05. The van der Waals surface area contributed by atoms with Crippen LogP contribution in [0.1, 0.15) is 6.42 Å². The van der Waals surface area contributed by atoms with Gasteiger partial charge in [-0.2, -0.15) is 5.11 Å². The predicted molar refractivity (Wildman–Crippen MR) is 85.3 cm³/mol. The predicted octanol–water partition coefficient (Wildman–Crippen LogP) is 3.66. The quantitative estimate of drug-likeness (QED) is 0.625. The standard InChI is InChI=1S/C16H16ClN3O2/c17-12-11-16(15(18)21,22-14-9-5-2-6-10-14)20-19-13-7-3-1-4-8-13/h1-10H,11-12H2,(H2,18,21). The van der Waals surface area contributed by atoms with E-state index in [2.05, 4.69) is 10.2 Å². The second-order valence-electron chi connectivity index (χ2n) is 4.54. The molecule has 114 valence electrons. The van der Waals surface area contributed by atoms with E-state index >= 15 is 0 Å². The Kier molecular flexibility index (Phi) is 5.49. The van der Waals surface area contributed by atoms with Crippen LogP contribution in [0.5, 0.6) is 5.75 Å². The Morgan fingerprint density at radius 3 is 2.23 bits per heavy atom. The van der Waals surface area contributed by atoms with Crippen molar-refractivity contribution < 1.29 is 9.53 Å². The number of carbonyl (C=O) groups is 1. The van der Waals surface area contributed by atoms with Crippen molar-refractivity contribution in [1.82, 2.24) is 0 Å². The molecule has 0 aliphatic rings. The zero-order valence-corrected chi connectivity index (χ0v) is 12.6. The molecule has 2 rings (SSSR count). The Morgan fingerprint density at radius 2 is 1.68 bits per heavy atom. The van der Waals surface area contributed by atoms with Crippen LogP contribution >= 0.6 is 11.6 Å². The van der Waals surface area contributed by atoms with Crippen molar-refractivity contribution in [3.63, 3.8) is 0 Å². The molecule has 5 nitrogen and oxygen atoms in total. The van der Waals surface area contributed by atoms with Crippen molar-refractivity contribution in [2.24, 2.45) is 16.0 Å². The number of hydrogen-bond donors (Lipinski definition) is 1. The topological polar surface area (TPSA) is 77.0 Å². The average molecular weight is 318 g/mol. The summed E-state index contributed by atoms with van der Waals surface area (Å²) in [4.78, 5) is 11.9. The number of nitrogens with zero attached hydrogens (tertiary/aromatic N) is 2. The van der Waals surface area contributed by atoms with Gasteiger partial charge in [0, 0.05) is 12.3 Å². The molecule has 1 unspecified atom stereocenters. The Hall–Kier alpha value is -2.40. The summed E-state index contributed by atoms with van der Waals surface area (Å²) in [6.07, 6.45) is 0.120. The Balaban J connectivity index is 2.32. The van der Waals surface area contributed by atoms with Gasteiger partial charge in [0.2, 0.25) is 0 Å². The zero-order valence-electron chi connectivity index (χ0n) is 11.9. The molecule has 0 aromatic heterocycles. The third-order valence-electron chi connectivity index (χ3n) is 2.93. The van der Waals surface area contributed by atoms with E-state index in [0.717, 1.165) is 0 Å². The maximum Gasteiger partial charge on any atom is 0.297 e. The fourth-order valence-corrected chi connectivity index (χ4v) is 2.05. The van der Waals surface area contributed by atoms with E-state index < -0.39 is 11.6 Å². The number of ether oxygens (including phenoxy) is 1. The van der Waals surface area contributed by atoms with Crippen LogP contribution in [0.15, 0.2) is 70.9 Å². The Morgan fingerprint density at radius 1 is 1.09 bits per heavy atom. The molecule has 1 atom stereocenters. The number of benzene rings is 2. The van der Waals surface area contributed by atoms with E-state index in [4.69, 9.17) is 22.1 Å². The minimum atomic E-state index is -1.63. The molecule has 2 N–H and O–H groups in total. The largest absolute Gasteiger partial charge is 0.455 e. The molecule has 0 spiro atoms. The molecule has 0 bridgehead atoms. The van der Waals surface area contributed by atoms with Crippen LogP contribution in [0.25, 0.3) is 0 Å². The lowest BCUT2D eigenvalue weighted by molar-refractivity contribution is -0.133. The summed E-state index contributed by atoms with van der Waals surface area (Å²) in [5.41, 5.74) is 4.46. The number of rotatable bonds is 7. The normalized spacial score (nSPS) is 13.7. The Labute approximate surface area is 133 Å². The van der Waals surface area contributed by atoms with Gasteiger partial charge in [0.25, 0.3) is 11.6 Å². The van der Waals surface area contributed by atoms with Crippen LogP contribution in [-0.2, 0) is 4.79 Å². The number of hydrogen-bond acceptors (Lipinski definition) is 4. The van der Waals surface area contributed by atoms with Crippen LogP contribution in [0.2, 0.25) is 0 Å². The van der Waals surface area contributed by atoms with Crippen molar-refractivity contribution in [3.05, 3.63) is 60.7 Å². The average Bonchev–Trinajstić information content (AvgIpc) is 2.54. The van der Waals surface area contributed by atoms with E-state index in [-0.39, 0.29) is 12.3 Å². The third-order valence-corrected chi connectivity index (χ3v) is 3.12. The maximum absolute atomic E-state index is 11.9. The molecule has 2 aromatic carbocycles. The molecular weight excluding hydrogens is 302 g/mol. The van der Waals surface area contributed by atoms with Gasteiger partial charge in [-0.3, -0.25) is 4.79 Å². The molecule has 0 heterocycles. The van der Waals surface area contributed by atoms with Crippen LogP contribution in [0.3, 0.4) is 0 Å². The molecule has 0 saturated heterocycles. The highest BCUT2D eigenvalue weighted by atomic mass is 35.5. The molecule has 0 aliphatic carbocycles. The molecule has 1 amide bonds. The highest BCUT2D eigenvalue weighted by Gasteiger charge is 2.39. The van der Waals surface area contributed by atoms with Crippen LogP contribution in [0, 0.1) is 0 Å². The summed E-state index contributed by atoms with van der Waals surface area (Å²) in [5, 5.41) is 8.11. The molecule has 0 radical (unpaired) electrons. The minimum absolute atomic E-state index is 0.120. The molecular formula is C16H16ClN3O2. The summed E-state index contributed by atoms with van der Waals surface area (Å²) in [7, 11) is 0.